The maximum atomic E-state index is 13.5. The van der Waals surface area contributed by atoms with Gasteiger partial charge in [-0.2, -0.15) is 18.3 Å². The van der Waals surface area contributed by atoms with E-state index in [-0.39, 0.29) is 30.6 Å². The van der Waals surface area contributed by atoms with Crippen LogP contribution in [-0.2, 0) is 13.2 Å². The number of aryl methyl sites for hydroxylation is 1. The van der Waals surface area contributed by atoms with Gasteiger partial charge < -0.3 is 10.2 Å². The lowest BCUT2D eigenvalue weighted by Crippen LogP contribution is -2.51. The second kappa shape index (κ2) is 10.5. The molecular formula is C26H21Cl2F3N6O2. The summed E-state index contributed by atoms with van der Waals surface area (Å²) in [7, 11) is 1.23. The lowest BCUT2D eigenvalue weighted by molar-refractivity contribution is -0.141. The van der Waals surface area contributed by atoms with Crippen LogP contribution in [0.15, 0.2) is 54.9 Å². The van der Waals surface area contributed by atoms with Crippen molar-refractivity contribution >= 4 is 46.0 Å². The number of likely N-dealkylation sites (tertiary alicyclic amines) is 1. The zero-order valence-electron chi connectivity index (χ0n) is 20.4. The minimum absolute atomic E-state index is 0.247. The lowest BCUT2D eigenvalue weighted by Gasteiger charge is -2.39. The van der Waals surface area contributed by atoms with Crippen molar-refractivity contribution in [1.82, 2.24) is 30.0 Å². The molecule has 3 heterocycles. The Hall–Kier alpha value is -3.70. The highest BCUT2D eigenvalue weighted by molar-refractivity contribution is 6.35. The molecule has 13 heteroatoms. The van der Waals surface area contributed by atoms with Crippen LogP contribution in [0.5, 0.6) is 0 Å². The molecule has 2 aromatic heterocycles. The average Bonchev–Trinajstić information content (AvgIpc) is 3.23. The van der Waals surface area contributed by atoms with E-state index in [1.54, 1.807) is 17.0 Å². The highest BCUT2D eigenvalue weighted by Gasteiger charge is 2.41. The van der Waals surface area contributed by atoms with Gasteiger partial charge in [0, 0.05) is 50.1 Å². The molecule has 0 radical (unpaired) electrons. The number of nitrogens with one attached hydrogen (secondary N) is 1. The molecular weight excluding hydrogens is 556 g/mol. The van der Waals surface area contributed by atoms with Crippen molar-refractivity contribution in [3.63, 3.8) is 0 Å². The number of hydrogen-bond acceptors (Lipinski definition) is 5. The van der Waals surface area contributed by atoms with E-state index in [2.05, 4.69) is 20.4 Å². The molecule has 0 saturated carbocycles. The third kappa shape index (κ3) is 5.28. The van der Waals surface area contributed by atoms with E-state index in [1.165, 1.54) is 19.4 Å². The molecule has 5 rings (SSSR count). The van der Waals surface area contributed by atoms with E-state index >= 15 is 0 Å². The van der Waals surface area contributed by atoms with Crippen LogP contribution in [0.2, 0.25) is 10.0 Å². The Balaban J connectivity index is 1.41. The number of aromatic nitrogens is 4. The van der Waals surface area contributed by atoms with Gasteiger partial charge in [0.2, 0.25) is 0 Å². The van der Waals surface area contributed by atoms with Crippen LogP contribution in [0, 0.1) is 0 Å². The van der Waals surface area contributed by atoms with Gasteiger partial charge in [0.1, 0.15) is 16.2 Å². The summed E-state index contributed by atoms with van der Waals surface area (Å²) in [5.41, 5.74) is 0.471. The smallest absolute Gasteiger partial charge is 0.347 e. The maximum absolute atomic E-state index is 13.5. The van der Waals surface area contributed by atoms with Gasteiger partial charge in [-0.15, -0.1) is 0 Å². The number of piperidine rings is 1. The number of alkyl halides is 3. The van der Waals surface area contributed by atoms with E-state index in [4.69, 9.17) is 23.2 Å². The molecule has 1 N–H and O–H groups in total. The van der Waals surface area contributed by atoms with Crippen LogP contribution in [0.25, 0.3) is 11.0 Å². The van der Waals surface area contributed by atoms with Gasteiger partial charge >= 0.3 is 6.18 Å². The van der Waals surface area contributed by atoms with Crippen LogP contribution < -0.4 is 5.32 Å². The fraction of sp³-hybridized carbons (Fsp3) is 0.269. The average molecular weight is 577 g/mol. The normalized spacial score (nSPS) is 17.8. The SMILES string of the molecule is Cn1nc(C(F)(F)F)c(Cl)c1C(=O)N[C@@H]1CCN(C(=O)c2cc(Cl)c3nccnc3c2)C[C@@H]1c1ccccc1. The number of carbonyl (C=O) groups excluding carboxylic acids is 2. The molecule has 39 heavy (non-hydrogen) atoms. The largest absolute Gasteiger partial charge is 0.436 e. The first-order chi connectivity index (χ1) is 18.5. The number of fused-ring (bicyclic) bond motifs is 1. The Bertz CT molecular complexity index is 1560. The summed E-state index contributed by atoms with van der Waals surface area (Å²) >= 11 is 12.3. The summed E-state index contributed by atoms with van der Waals surface area (Å²) < 4.78 is 40.6. The van der Waals surface area contributed by atoms with Crippen LogP contribution in [0.1, 0.15) is 44.4 Å². The highest BCUT2D eigenvalue weighted by atomic mass is 35.5. The standard InChI is InChI=1S/C26H21Cl2F3N6O2/c1-36-22(20(28)23(35-36)26(29,30)31)24(38)34-18-7-10-37(13-16(18)14-5-3-2-4-6-14)25(39)15-11-17(27)21-19(12-15)32-8-9-33-21/h2-6,8-9,11-12,16,18H,7,10,13H2,1H3,(H,34,38)/t16-,18-/m1/s1. The predicted molar refractivity (Wildman–Crippen MR) is 139 cm³/mol. The molecule has 0 spiro atoms. The van der Waals surface area contributed by atoms with Crippen molar-refractivity contribution in [3.05, 3.63) is 87.4 Å². The molecule has 8 nitrogen and oxygen atoms in total. The van der Waals surface area contributed by atoms with Crippen LogP contribution in [0.4, 0.5) is 13.2 Å². The zero-order valence-corrected chi connectivity index (χ0v) is 21.9. The third-order valence-corrected chi connectivity index (χ3v) is 7.34. The van der Waals surface area contributed by atoms with E-state index < -0.39 is 28.8 Å². The number of benzene rings is 2. The molecule has 1 aliphatic heterocycles. The predicted octanol–water partition coefficient (Wildman–Crippen LogP) is 5.12. The van der Waals surface area contributed by atoms with Gasteiger partial charge in [0.15, 0.2) is 5.69 Å². The molecule has 2 aromatic carbocycles. The molecule has 0 unspecified atom stereocenters. The number of carbonyl (C=O) groups is 2. The second-order valence-electron chi connectivity index (χ2n) is 9.15. The maximum Gasteiger partial charge on any atom is 0.436 e. The molecule has 1 aliphatic rings. The third-order valence-electron chi connectivity index (χ3n) is 6.69. The number of rotatable bonds is 4. The van der Waals surface area contributed by atoms with Gasteiger partial charge in [0.25, 0.3) is 11.8 Å². The monoisotopic (exact) mass is 576 g/mol. The molecule has 1 saturated heterocycles. The summed E-state index contributed by atoms with van der Waals surface area (Å²) in [6.07, 6.45) is -1.43. The summed E-state index contributed by atoms with van der Waals surface area (Å²) in [6, 6.07) is 12.0. The van der Waals surface area contributed by atoms with Crippen molar-refractivity contribution < 1.29 is 22.8 Å². The number of amides is 2. The number of nitrogens with zero attached hydrogens (tertiary/aromatic N) is 5. The van der Waals surface area contributed by atoms with Crippen LogP contribution in [-0.4, -0.2) is 55.6 Å². The van der Waals surface area contributed by atoms with Crippen molar-refractivity contribution in [2.24, 2.45) is 7.05 Å². The first-order valence-electron chi connectivity index (χ1n) is 11.9. The summed E-state index contributed by atoms with van der Waals surface area (Å²) in [4.78, 5) is 36.7. The first-order valence-corrected chi connectivity index (χ1v) is 12.6. The minimum atomic E-state index is -4.80. The fourth-order valence-electron chi connectivity index (χ4n) is 4.85. The van der Waals surface area contributed by atoms with Gasteiger partial charge in [0.05, 0.1) is 10.5 Å². The first kappa shape index (κ1) is 26.9. The molecule has 2 amide bonds. The van der Waals surface area contributed by atoms with Gasteiger partial charge in [-0.25, -0.2) is 0 Å². The highest BCUT2D eigenvalue weighted by Crippen LogP contribution is 2.36. The molecule has 0 aliphatic carbocycles. The second-order valence-corrected chi connectivity index (χ2v) is 9.94. The topological polar surface area (TPSA) is 93.0 Å². The Morgan fingerprint density at radius 2 is 1.79 bits per heavy atom. The Morgan fingerprint density at radius 3 is 2.49 bits per heavy atom. The molecule has 202 valence electrons. The molecule has 1 fully saturated rings. The number of halogens is 5. The van der Waals surface area contributed by atoms with E-state index in [1.807, 2.05) is 30.3 Å². The van der Waals surface area contributed by atoms with E-state index in [0.29, 0.717) is 28.0 Å². The molecule has 2 atom stereocenters. The molecule has 0 bridgehead atoms. The van der Waals surface area contributed by atoms with E-state index in [0.717, 1.165) is 10.2 Å². The van der Waals surface area contributed by atoms with Gasteiger partial charge in [-0.05, 0) is 24.1 Å². The summed E-state index contributed by atoms with van der Waals surface area (Å²) in [5, 5.41) is 5.77. The van der Waals surface area contributed by atoms with Crippen LogP contribution in [0.3, 0.4) is 0 Å². The van der Waals surface area contributed by atoms with Gasteiger partial charge in [-0.3, -0.25) is 24.2 Å². The molecule has 4 aromatic rings. The van der Waals surface area contributed by atoms with Gasteiger partial charge in [-0.1, -0.05) is 53.5 Å². The number of hydrogen-bond donors (Lipinski definition) is 1. The Morgan fingerprint density at radius 1 is 1.08 bits per heavy atom. The summed E-state index contributed by atoms with van der Waals surface area (Å²) in [5.74, 6) is -1.39. The summed E-state index contributed by atoms with van der Waals surface area (Å²) in [6.45, 7) is 0.535. The van der Waals surface area contributed by atoms with Crippen molar-refractivity contribution in [3.8, 4) is 0 Å². The van der Waals surface area contributed by atoms with Crippen molar-refractivity contribution in [2.75, 3.05) is 13.1 Å². The lowest BCUT2D eigenvalue weighted by atomic mass is 9.85. The Kier molecular flexibility index (Phi) is 7.21. The fourth-order valence-corrected chi connectivity index (χ4v) is 5.46. The minimum Gasteiger partial charge on any atom is -0.347 e. The van der Waals surface area contributed by atoms with Crippen LogP contribution >= 0.6 is 23.2 Å². The van der Waals surface area contributed by atoms with Crippen molar-refractivity contribution in [2.45, 2.75) is 24.6 Å². The quantitative estimate of drug-likeness (QED) is 0.364. The van der Waals surface area contributed by atoms with Crippen molar-refractivity contribution in [1.29, 1.82) is 0 Å². The van der Waals surface area contributed by atoms with E-state index in [9.17, 15) is 22.8 Å². The Labute approximate surface area is 230 Å². The zero-order chi connectivity index (χ0) is 27.9.